The molecule has 1 saturated carbocycles. The van der Waals surface area contributed by atoms with Crippen LogP contribution in [0.1, 0.15) is 49.7 Å². The molecule has 1 aromatic rings. The summed E-state index contributed by atoms with van der Waals surface area (Å²) in [4.78, 5) is 17.0. The van der Waals surface area contributed by atoms with E-state index in [0.717, 1.165) is 49.9 Å². The van der Waals surface area contributed by atoms with Crippen molar-refractivity contribution in [1.29, 1.82) is 0 Å². The Morgan fingerprint density at radius 1 is 1.19 bits per heavy atom. The molecule has 1 saturated heterocycles. The Kier molecular flexibility index (Phi) is 4.18. The minimum Gasteiger partial charge on any atom is -0.299 e. The molecule has 0 spiro atoms. The topological polar surface area (TPSA) is 32.7 Å². The smallest absolute Gasteiger partial charge is 0.235 e. The molecule has 4 heteroatoms. The predicted molar refractivity (Wildman–Crippen MR) is 79.2 cm³/mol. The number of aliphatic imine (C=N–C) groups is 1. The third-order valence-corrected chi connectivity index (χ3v) is 4.87. The maximum Gasteiger partial charge on any atom is 0.235 e. The van der Waals surface area contributed by atoms with Crippen LogP contribution in [-0.2, 0) is 16.9 Å². The Labute approximate surface area is 124 Å². The third-order valence-electron chi connectivity index (χ3n) is 4.87. The van der Waals surface area contributed by atoms with Crippen LogP contribution in [0.3, 0.4) is 0 Å². The van der Waals surface area contributed by atoms with E-state index in [2.05, 4.69) is 9.89 Å². The lowest BCUT2D eigenvalue weighted by Gasteiger charge is -2.24. The minimum atomic E-state index is -0.533. The van der Waals surface area contributed by atoms with Gasteiger partial charge in [-0.05, 0) is 50.4 Å². The van der Waals surface area contributed by atoms with Gasteiger partial charge in [-0.3, -0.25) is 4.90 Å². The fourth-order valence-electron chi connectivity index (χ4n) is 3.66. The molecule has 21 heavy (non-hydrogen) atoms. The fraction of sp³-hybridized carbons (Fsp3) is 0.588. The second kappa shape index (κ2) is 6.08. The molecule has 1 aliphatic carbocycles. The average molecular weight is 288 g/mol. The van der Waals surface area contributed by atoms with Gasteiger partial charge in [-0.1, -0.05) is 25.0 Å². The van der Waals surface area contributed by atoms with Crippen LogP contribution in [-0.4, -0.2) is 24.1 Å². The molecule has 0 radical (unpaired) electrons. The first-order chi connectivity index (χ1) is 10.2. The number of hydrogen-bond acceptors (Lipinski definition) is 3. The molecule has 2 aliphatic rings. The van der Waals surface area contributed by atoms with E-state index in [1.54, 1.807) is 12.1 Å². The number of nitrogens with zero attached hydrogens (tertiary/aromatic N) is 2. The Morgan fingerprint density at radius 2 is 1.90 bits per heavy atom. The number of halogens is 1. The average Bonchev–Trinajstić information content (AvgIpc) is 3.14. The van der Waals surface area contributed by atoms with Crippen molar-refractivity contribution in [2.45, 2.75) is 50.6 Å². The molecule has 0 amide bonds. The highest BCUT2D eigenvalue weighted by molar-refractivity contribution is 5.39. The van der Waals surface area contributed by atoms with Gasteiger partial charge in [-0.25, -0.2) is 9.18 Å². The lowest BCUT2D eigenvalue weighted by molar-refractivity contribution is 0.325. The van der Waals surface area contributed by atoms with Crippen molar-refractivity contribution in [3.63, 3.8) is 0 Å². The van der Waals surface area contributed by atoms with Crippen molar-refractivity contribution < 1.29 is 9.18 Å². The monoisotopic (exact) mass is 288 g/mol. The molecular formula is C17H21FN2O. The predicted octanol–water partition coefficient (Wildman–Crippen LogP) is 3.53. The Morgan fingerprint density at radius 3 is 2.52 bits per heavy atom. The van der Waals surface area contributed by atoms with Gasteiger partial charge in [0.05, 0.1) is 5.54 Å². The van der Waals surface area contributed by atoms with Gasteiger partial charge >= 0.3 is 0 Å². The van der Waals surface area contributed by atoms with Crippen molar-refractivity contribution in [3.8, 4) is 0 Å². The van der Waals surface area contributed by atoms with Crippen LogP contribution in [0, 0.1) is 5.82 Å². The number of hydrogen-bond donors (Lipinski definition) is 0. The van der Waals surface area contributed by atoms with Crippen LogP contribution >= 0.6 is 0 Å². The van der Waals surface area contributed by atoms with Gasteiger partial charge in [0.1, 0.15) is 5.82 Å². The summed E-state index contributed by atoms with van der Waals surface area (Å²) in [6.07, 6.45) is 7.78. The molecular weight excluding hydrogens is 267 g/mol. The fourth-order valence-corrected chi connectivity index (χ4v) is 3.66. The maximum absolute atomic E-state index is 14.4. The van der Waals surface area contributed by atoms with E-state index in [1.165, 1.54) is 12.8 Å². The van der Waals surface area contributed by atoms with Gasteiger partial charge in [0, 0.05) is 12.1 Å². The highest BCUT2D eigenvalue weighted by Gasteiger charge is 2.36. The number of isocyanates is 1. The van der Waals surface area contributed by atoms with E-state index >= 15 is 0 Å². The van der Waals surface area contributed by atoms with Crippen LogP contribution in [0.15, 0.2) is 23.2 Å². The molecule has 1 aromatic carbocycles. The Balaban J connectivity index is 1.84. The third kappa shape index (κ3) is 2.92. The van der Waals surface area contributed by atoms with Gasteiger partial charge in [0.15, 0.2) is 0 Å². The maximum atomic E-state index is 14.4. The Hall–Kier alpha value is -1.51. The van der Waals surface area contributed by atoms with Crippen LogP contribution < -0.4 is 0 Å². The first kappa shape index (κ1) is 14.4. The molecule has 0 atom stereocenters. The van der Waals surface area contributed by atoms with E-state index < -0.39 is 5.54 Å². The second-order valence-corrected chi connectivity index (χ2v) is 6.23. The normalized spacial score (nSPS) is 21.4. The lowest BCUT2D eigenvalue weighted by Crippen LogP contribution is -2.21. The summed E-state index contributed by atoms with van der Waals surface area (Å²) in [6.45, 7) is 2.79. The summed E-state index contributed by atoms with van der Waals surface area (Å²) in [5.74, 6) is -0.174. The molecule has 3 rings (SSSR count). The van der Waals surface area contributed by atoms with Crippen molar-refractivity contribution in [2.24, 2.45) is 4.99 Å². The number of benzene rings is 1. The van der Waals surface area contributed by atoms with Gasteiger partial charge in [0.2, 0.25) is 6.08 Å². The summed E-state index contributed by atoms with van der Waals surface area (Å²) >= 11 is 0. The van der Waals surface area contributed by atoms with Gasteiger partial charge < -0.3 is 0 Å². The van der Waals surface area contributed by atoms with E-state index in [1.807, 2.05) is 12.1 Å². The van der Waals surface area contributed by atoms with Gasteiger partial charge in [0.25, 0.3) is 0 Å². The molecule has 112 valence electrons. The lowest BCUT2D eigenvalue weighted by atomic mass is 9.88. The first-order valence-corrected chi connectivity index (χ1v) is 7.84. The van der Waals surface area contributed by atoms with E-state index in [4.69, 9.17) is 0 Å². The standard InChI is InChI=1S/C17H21FN2O/c18-16-11-15(17(19-13-21)7-1-2-8-17)6-5-14(16)12-20-9-3-4-10-20/h5-6,11H,1-4,7-10,12H2. The van der Waals surface area contributed by atoms with Crippen molar-refractivity contribution in [2.75, 3.05) is 13.1 Å². The number of rotatable bonds is 4. The molecule has 0 aromatic heterocycles. The highest BCUT2D eigenvalue weighted by Crippen LogP contribution is 2.42. The summed E-state index contributed by atoms with van der Waals surface area (Å²) in [6, 6.07) is 5.39. The SMILES string of the molecule is O=C=NC1(c2ccc(CN3CCCC3)c(F)c2)CCCC1. The largest absolute Gasteiger partial charge is 0.299 e. The zero-order chi connectivity index (χ0) is 14.7. The quantitative estimate of drug-likeness (QED) is 0.627. The van der Waals surface area contributed by atoms with Gasteiger partial charge in [-0.15, -0.1) is 0 Å². The molecule has 0 unspecified atom stereocenters. The van der Waals surface area contributed by atoms with Crippen molar-refractivity contribution in [3.05, 3.63) is 35.1 Å². The van der Waals surface area contributed by atoms with Crippen LogP contribution in [0.5, 0.6) is 0 Å². The Bertz CT molecular complexity index is 554. The van der Waals surface area contributed by atoms with Crippen molar-refractivity contribution >= 4 is 6.08 Å². The van der Waals surface area contributed by atoms with E-state index in [9.17, 15) is 9.18 Å². The first-order valence-electron chi connectivity index (χ1n) is 7.84. The van der Waals surface area contributed by atoms with Crippen LogP contribution in [0.2, 0.25) is 0 Å². The molecule has 0 bridgehead atoms. The summed E-state index contributed by atoms with van der Waals surface area (Å²) in [5, 5.41) is 0. The number of likely N-dealkylation sites (tertiary alicyclic amines) is 1. The minimum absolute atomic E-state index is 0.174. The second-order valence-electron chi connectivity index (χ2n) is 6.23. The molecule has 1 aliphatic heterocycles. The molecule has 2 fully saturated rings. The van der Waals surface area contributed by atoms with Gasteiger partial charge in [-0.2, -0.15) is 4.99 Å². The highest BCUT2D eigenvalue weighted by atomic mass is 19.1. The molecule has 1 heterocycles. The summed E-state index contributed by atoms with van der Waals surface area (Å²) < 4.78 is 14.4. The number of carbonyl (C=O) groups excluding carboxylic acids is 1. The molecule has 0 N–H and O–H groups in total. The zero-order valence-electron chi connectivity index (χ0n) is 12.3. The van der Waals surface area contributed by atoms with Crippen LogP contribution in [0.4, 0.5) is 4.39 Å². The molecule has 3 nitrogen and oxygen atoms in total. The van der Waals surface area contributed by atoms with E-state index in [-0.39, 0.29) is 5.82 Å². The summed E-state index contributed by atoms with van der Waals surface area (Å²) in [5.41, 5.74) is 1.03. The zero-order valence-corrected chi connectivity index (χ0v) is 12.3. The van der Waals surface area contributed by atoms with E-state index in [0.29, 0.717) is 6.54 Å². The van der Waals surface area contributed by atoms with Crippen LogP contribution in [0.25, 0.3) is 0 Å². The van der Waals surface area contributed by atoms with Crippen molar-refractivity contribution in [1.82, 2.24) is 4.90 Å². The summed E-state index contributed by atoms with van der Waals surface area (Å²) in [7, 11) is 0.